The number of esters is 1. The number of benzene rings is 6. The second kappa shape index (κ2) is 21.1. The molecule has 382 valence electrons. The lowest BCUT2D eigenvalue weighted by Gasteiger charge is -2.46. The van der Waals surface area contributed by atoms with Crippen molar-refractivity contribution < 1.29 is 58.0 Å². The Morgan fingerprint density at radius 1 is 0.800 bits per heavy atom. The van der Waals surface area contributed by atoms with Crippen LogP contribution in [0.4, 0.5) is 16.2 Å². The Labute approximate surface area is 431 Å². The zero-order valence-corrected chi connectivity index (χ0v) is 41.0. The Kier molecular flexibility index (Phi) is 14.1. The number of rotatable bonds is 13. The highest BCUT2D eigenvalue weighted by Crippen LogP contribution is 2.66. The summed E-state index contributed by atoms with van der Waals surface area (Å²) in [4.78, 5) is 79.4. The van der Waals surface area contributed by atoms with Crippen molar-refractivity contribution >= 4 is 35.3 Å². The van der Waals surface area contributed by atoms with Crippen LogP contribution in [-0.2, 0) is 48.8 Å². The van der Waals surface area contributed by atoms with E-state index >= 15 is 19.2 Å². The van der Waals surface area contributed by atoms with Crippen LogP contribution < -0.4 is 19.1 Å². The van der Waals surface area contributed by atoms with E-state index in [1.807, 2.05) is 77.7 Å². The topological polar surface area (TPSA) is 208 Å². The van der Waals surface area contributed by atoms with Gasteiger partial charge in [0.05, 0.1) is 56.0 Å². The molecule has 0 aromatic heterocycles. The summed E-state index contributed by atoms with van der Waals surface area (Å²) >= 11 is 0. The molecule has 0 unspecified atom stereocenters. The molecule has 3 amide bonds. The highest BCUT2D eigenvalue weighted by atomic mass is 16.6. The number of methoxy groups -OCH3 is 2. The maximum Gasteiger partial charge on any atom is 0.421 e. The van der Waals surface area contributed by atoms with Crippen LogP contribution in [-0.4, -0.2) is 95.4 Å². The largest absolute Gasteiger partial charge is 0.493 e. The highest BCUT2D eigenvalue weighted by Gasteiger charge is 2.76. The molecule has 0 saturated carbocycles. The number of morpholine rings is 1. The van der Waals surface area contributed by atoms with Crippen LogP contribution in [0.2, 0.25) is 0 Å². The molecule has 0 radical (unpaired) electrons. The van der Waals surface area contributed by atoms with Crippen molar-refractivity contribution in [3.8, 4) is 29.1 Å². The van der Waals surface area contributed by atoms with Crippen molar-refractivity contribution in [3.63, 3.8) is 0 Å². The van der Waals surface area contributed by atoms with Crippen LogP contribution in [0, 0.1) is 27.9 Å². The van der Waals surface area contributed by atoms with Gasteiger partial charge in [-0.3, -0.25) is 29.4 Å². The van der Waals surface area contributed by atoms with Gasteiger partial charge in [0.2, 0.25) is 11.8 Å². The number of fused-ring (bicyclic) bond motifs is 4. The van der Waals surface area contributed by atoms with Gasteiger partial charge in [-0.15, -0.1) is 0 Å². The molecule has 6 aromatic carbocycles. The van der Waals surface area contributed by atoms with Gasteiger partial charge in [0.25, 0.3) is 5.69 Å². The van der Waals surface area contributed by atoms with E-state index in [2.05, 4.69) is 11.8 Å². The Morgan fingerprint density at radius 3 is 2.17 bits per heavy atom. The van der Waals surface area contributed by atoms with Gasteiger partial charge in [0, 0.05) is 37.2 Å². The Morgan fingerprint density at radius 2 is 1.49 bits per heavy atom. The van der Waals surface area contributed by atoms with E-state index in [0.29, 0.717) is 51.5 Å². The maximum absolute atomic E-state index is 16.8. The standard InChI is InChI=1S/C58H52N4O13/c1-71-47-32-40-25-26-59(34-42(40)33-48(47)72-2)54(65)49-51-55(66)75-52(39-15-7-4-8-16-39)50(38-13-5-3-6-14-38)61(51)53(41-17-11-18-44(31-41)73-29-28-64)58(49)45-30-36(12-9-10-27-63)21-24-46(45)60(56(58)67)57(68)74-35-37-19-22-43(23-20-37)62(69)70/h3-8,11,13-24,30-33,49-53,63-64H,10,25-29,34-35H2,1-2H3/t49-,50-,51-,52+,53+,58-/m0/s1. The van der Waals surface area contributed by atoms with Crippen molar-refractivity contribution in [2.75, 3.05) is 45.5 Å². The second-order valence-electron chi connectivity index (χ2n) is 18.5. The van der Waals surface area contributed by atoms with E-state index in [0.717, 1.165) is 16.0 Å². The fourth-order valence-electron chi connectivity index (χ4n) is 11.3. The molecule has 2 saturated heterocycles. The molecule has 2 N–H and O–H groups in total. The first kappa shape index (κ1) is 50.0. The van der Waals surface area contributed by atoms with E-state index in [4.69, 9.17) is 23.7 Å². The average molecular weight is 1010 g/mol. The van der Waals surface area contributed by atoms with Crippen molar-refractivity contribution in [2.24, 2.45) is 5.92 Å². The number of nitro benzene ring substituents is 1. The summed E-state index contributed by atoms with van der Waals surface area (Å²) in [5.74, 6) is 3.51. The van der Waals surface area contributed by atoms with Gasteiger partial charge in [-0.25, -0.2) is 9.69 Å². The van der Waals surface area contributed by atoms with Gasteiger partial charge in [0.1, 0.15) is 36.5 Å². The molecule has 0 bridgehead atoms. The predicted molar refractivity (Wildman–Crippen MR) is 271 cm³/mol. The molecule has 4 aliphatic rings. The summed E-state index contributed by atoms with van der Waals surface area (Å²) in [6.45, 7) is -0.747. The Hall–Kier alpha value is -8.56. The third-order valence-electron chi connectivity index (χ3n) is 14.5. The Bertz CT molecular complexity index is 3230. The third kappa shape index (κ3) is 8.96. The van der Waals surface area contributed by atoms with Crippen LogP contribution >= 0.6 is 0 Å². The molecule has 17 heteroatoms. The van der Waals surface area contributed by atoms with E-state index in [-0.39, 0.29) is 62.9 Å². The quantitative estimate of drug-likeness (QED) is 0.0504. The number of aliphatic hydroxyl groups is 2. The van der Waals surface area contributed by atoms with Gasteiger partial charge < -0.3 is 38.8 Å². The minimum atomic E-state index is -2.16. The lowest BCUT2D eigenvalue weighted by molar-refractivity contribution is -0.384. The van der Waals surface area contributed by atoms with Crippen LogP contribution in [0.25, 0.3) is 0 Å². The first-order valence-electron chi connectivity index (χ1n) is 24.4. The van der Waals surface area contributed by atoms with E-state index in [9.17, 15) is 20.3 Å². The predicted octanol–water partition coefficient (Wildman–Crippen LogP) is 7.30. The summed E-state index contributed by atoms with van der Waals surface area (Å²) < 4.78 is 29.9. The number of nitrogens with zero attached hydrogens (tertiary/aromatic N) is 4. The fraction of sp³-hybridized carbons (Fsp3) is 0.276. The lowest BCUT2D eigenvalue weighted by Crippen LogP contribution is -2.57. The normalized spacial score (nSPS) is 21.5. The lowest BCUT2D eigenvalue weighted by atomic mass is 9.64. The molecular formula is C58H52N4O13. The molecule has 17 nitrogen and oxygen atoms in total. The molecule has 2 fully saturated rings. The van der Waals surface area contributed by atoms with Crippen LogP contribution in [0.3, 0.4) is 0 Å². The molecule has 4 heterocycles. The average Bonchev–Trinajstić information content (AvgIpc) is 4.14. The van der Waals surface area contributed by atoms with Gasteiger partial charge in [-0.1, -0.05) is 84.6 Å². The number of carbonyl (C=O) groups is 4. The number of anilines is 1. The molecular weight excluding hydrogens is 961 g/mol. The van der Waals surface area contributed by atoms with Crippen LogP contribution in [0.5, 0.6) is 17.2 Å². The number of hydrogen-bond donors (Lipinski definition) is 2. The highest BCUT2D eigenvalue weighted by molar-refractivity contribution is 6.23. The monoisotopic (exact) mass is 1010 g/mol. The summed E-state index contributed by atoms with van der Waals surface area (Å²) in [6, 6.07) is 35.9. The summed E-state index contributed by atoms with van der Waals surface area (Å²) in [5, 5.41) is 31.1. The number of carbonyl (C=O) groups excluding carboxylic acids is 4. The van der Waals surface area contributed by atoms with E-state index in [1.165, 1.54) is 31.4 Å². The maximum atomic E-state index is 16.8. The summed E-state index contributed by atoms with van der Waals surface area (Å²) in [7, 11) is 3.06. The zero-order valence-electron chi connectivity index (χ0n) is 41.0. The number of nitro groups is 1. The number of non-ortho nitro benzene ring substituents is 1. The van der Waals surface area contributed by atoms with Gasteiger partial charge >= 0.3 is 12.1 Å². The molecule has 4 aliphatic heterocycles. The Balaban J connectivity index is 1.24. The number of amides is 3. The molecule has 6 aromatic rings. The van der Waals surface area contributed by atoms with Crippen molar-refractivity contribution in [1.82, 2.24) is 9.80 Å². The first-order valence-corrected chi connectivity index (χ1v) is 24.4. The SMILES string of the molecule is COc1cc2c(cc1OC)CN(C(=O)[C@@H]1[C@H]3C(=O)O[C@H](c4ccccc4)[C@H](c4ccccc4)N3[C@H](c3cccc(OCCO)c3)[C@@]13C(=O)N(C(=O)OCc1ccc([N+](=O)[O-])cc1)c1ccc(C#CCCO)cc13)CC2. The van der Waals surface area contributed by atoms with Gasteiger partial charge in [-0.2, -0.15) is 0 Å². The minimum Gasteiger partial charge on any atom is -0.493 e. The second-order valence-corrected chi connectivity index (χ2v) is 18.5. The molecule has 10 rings (SSSR count). The molecule has 6 atom stereocenters. The van der Waals surface area contributed by atoms with E-state index < -0.39 is 64.4 Å². The van der Waals surface area contributed by atoms with Gasteiger partial charge in [0.15, 0.2) is 11.5 Å². The smallest absolute Gasteiger partial charge is 0.421 e. The van der Waals surface area contributed by atoms with Crippen molar-refractivity contribution in [1.29, 1.82) is 0 Å². The van der Waals surface area contributed by atoms with Crippen molar-refractivity contribution in [3.05, 3.63) is 194 Å². The number of hydrogen-bond acceptors (Lipinski definition) is 14. The van der Waals surface area contributed by atoms with Crippen LogP contribution in [0.1, 0.15) is 69.1 Å². The fourth-order valence-corrected chi connectivity index (χ4v) is 11.3. The van der Waals surface area contributed by atoms with Crippen molar-refractivity contribution in [2.45, 2.75) is 55.6 Å². The number of imide groups is 1. The molecule has 75 heavy (non-hydrogen) atoms. The van der Waals surface area contributed by atoms with Gasteiger partial charge in [-0.05, 0) is 100.0 Å². The minimum absolute atomic E-state index is 0.0570. The molecule has 1 spiro atoms. The van der Waals surface area contributed by atoms with Crippen LogP contribution in [0.15, 0.2) is 140 Å². The zero-order chi connectivity index (χ0) is 52.4. The number of aliphatic hydroxyl groups excluding tert-OH is 2. The summed E-state index contributed by atoms with van der Waals surface area (Å²) in [5.41, 5.74) is 2.19. The first-order chi connectivity index (χ1) is 36.5. The number of ether oxygens (including phenoxy) is 5. The number of cyclic esters (lactones) is 1. The summed E-state index contributed by atoms with van der Waals surface area (Å²) in [6.07, 6.45) is -1.59. The molecule has 0 aliphatic carbocycles. The van der Waals surface area contributed by atoms with E-state index in [1.54, 1.807) is 54.5 Å². The third-order valence-corrected chi connectivity index (χ3v) is 14.5.